The second-order valence-electron chi connectivity index (χ2n) is 11.8. The Morgan fingerprint density at radius 1 is 0.891 bits per heavy atom. The standard InChI is InChI=1S/C29H41FN2O4.C4H6O6/c1-22(2)21-36-28-9-5-23(6-10-28)19-29(35)32(20-24-3-7-25(30)8-4-24)26-11-15-31(16-12-26)17-13-27(34)14-18-33;5-1(3(7)8)2(6)4(9)10/h3-10,22,26-27,33-34H,11-21H2,1-2H3;1-2,5-6H,(H,7,8)(H,9,10)/t27-;/m0./s1. The highest BCUT2D eigenvalue weighted by Crippen LogP contribution is 2.22. The lowest BCUT2D eigenvalue weighted by atomic mass is 10.00. The minimum atomic E-state index is -2.27. The number of carbonyl (C=O) groups is 3. The Bertz CT molecular complexity index is 1190. The van der Waals surface area contributed by atoms with Gasteiger partial charge in [-0.15, -0.1) is 0 Å². The maximum absolute atomic E-state index is 13.5. The van der Waals surface area contributed by atoms with Gasteiger partial charge < -0.3 is 45.2 Å². The van der Waals surface area contributed by atoms with Crippen LogP contribution in [0.25, 0.3) is 0 Å². The molecule has 2 unspecified atom stereocenters. The number of carboxylic acids is 2. The van der Waals surface area contributed by atoms with Crippen molar-refractivity contribution in [2.75, 3.05) is 32.8 Å². The predicted molar refractivity (Wildman–Crippen MR) is 167 cm³/mol. The van der Waals surface area contributed by atoms with Gasteiger partial charge >= 0.3 is 11.9 Å². The summed E-state index contributed by atoms with van der Waals surface area (Å²) in [6, 6.07) is 14.2. The highest BCUT2D eigenvalue weighted by Gasteiger charge is 2.30. The number of hydrogen-bond acceptors (Lipinski definition) is 9. The van der Waals surface area contributed by atoms with Crippen molar-refractivity contribution in [1.29, 1.82) is 0 Å². The first-order valence-corrected chi connectivity index (χ1v) is 15.4. The van der Waals surface area contributed by atoms with Gasteiger partial charge in [0.1, 0.15) is 11.6 Å². The molecule has 1 heterocycles. The molecule has 256 valence electrons. The average molecular weight is 651 g/mol. The molecule has 1 saturated heterocycles. The van der Waals surface area contributed by atoms with Crippen LogP contribution >= 0.6 is 0 Å². The van der Waals surface area contributed by atoms with E-state index in [1.165, 1.54) is 12.1 Å². The minimum Gasteiger partial charge on any atom is -0.493 e. The van der Waals surface area contributed by atoms with Crippen LogP contribution in [-0.2, 0) is 27.3 Å². The van der Waals surface area contributed by atoms with Gasteiger partial charge in [-0.25, -0.2) is 14.0 Å². The summed E-state index contributed by atoms with van der Waals surface area (Å²) in [5, 5.41) is 51.4. The van der Waals surface area contributed by atoms with E-state index >= 15 is 0 Å². The number of benzene rings is 2. The number of likely N-dealkylation sites (tertiary alicyclic amines) is 1. The Hall–Kier alpha value is -3.62. The van der Waals surface area contributed by atoms with Crippen LogP contribution < -0.4 is 4.74 Å². The summed E-state index contributed by atoms with van der Waals surface area (Å²) in [6.45, 7) is 7.80. The van der Waals surface area contributed by atoms with E-state index in [9.17, 15) is 23.9 Å². The van der Waals surface area contributed by atoms with Crippen molar-refractivity contribution in [3.63, 3.8) is 0 Å². The quantitative estimate of drug-likeness (QED) is 0.156. The van der Waals surface area contributed by atoms with Crippen molar-refractivity contribution < 1.29 is 54.2 Å². The van der Waals surface area contributed by atoms with Gasteiger partial charge in [-0.3, -0.25) is 4.79 Å². The van der Waals surface area contributed by atoms with Crippen LogP contribution in [0.15, 0.2) is 48.5 Å². The molecule has 0 radical (unpaired) electrons. The molecule has 1 amide bonds. The number of amides is 1. The Kier molecular flexibility index (Phi) is 16.6. The summed E-state index contributed by atoms with van der Waals surface area (Å²) in [6.07, 6.45) is -1.96. The minimum absolute atomic E-state index is 0.00259. The van der Waals surface area contributed by atoms with Gasteiger partial charge in [0, 0.05) is 38.8 Å². The fourth-order valence-corrected chi connectivity index (χ4v) is 4.80. The number of hydrogen-bond donors (Lipinski definition) is 6. The second-order valence-corrected chi connectivity index (χ2v) is 11.8. The molecule has 2 aromatic rings. The van der Waals surface area contributed by atoms with E-state index < -0.39 is 30.3 Å². The zero-order chi connectivity index (χ0) is 34.2. The number of rotatable bonds is 16. The molecule has 0 aromatic heterocycles. The summed E-state index contributed by atoms with van der Waals surface area (Å²) in [4.78, 5) is 37.3. The van der Waals surface area contributed by atoms with Gasteiger partial charge in [-0.1, -0.05) is 38.1 Å². The number of nitrogens with zero attached hydrogens (tertiary/aromatic N) is 2. The maximum Gasteiger partial charge on any atom is 0.335 e. The Balaban J connectivity index is 0.000000634. The van der Waals surface area contributed by atoms with Crippen molar-refractivity contribution in [2.24, 2.45) is 5.92 Å². The molecule has 3 atom stereocenters. The highest BCUT2D eigenvalue weighted by atomic mass is 19.1. The summed E-state index contributed by atoms with van der Waals surface area (Å²) in [5.74, 6) is -2.51. The number of carbonyl (C=O) groups excluding carboxylic acids is 1. The normalized spacial score (nSPS) is 15.7. The van der Waals surface area contributed by atoms with E-state index in [2.05, 4.69) is 18.7 Å². The lowest BCUT2D eigenvalue weighted by Crippen LogP contribution is -2.48. The molecule has 2 aromatic carbocycles. The molecule has 0 spiro atoms. The van der Waals surface area contributed by atoms with E-state index in [-0.39, 0.29) is 24.4 Å². The highest BCUT2D eigenvalue weighted by molar-refractivity contribution is 5.83. The molecule has 46 heavy (non-hydrogen) atoms. The Morgan fingerprint density at radius 2 is 1.43 bits per heavy atom. The fraction of sp³-hybridized carbons (Fsp3) is 0.545. The molecule has 12 nitrogen and oxygen atoms in total. The SMILES string of the molecule is CC(C)COc1ccc(CC(=O)N(Cc2ccc(F)cc2)C2CCN(CC[C@H](O)CCO)CC2)cc1.O=C(O)C(O)C(O)C(=O)O. The number of aliphatic carboxylic acids is 2. The van der Waals surface area contributed by atoms with Crippen molar-refractivity contribution in [2.45, 2.75) is 76.9 Å². The first-order valence-electron chi connectivity index (χ1n) is 15.4. The predicted octanol–water partition coefficient (Wildman–Crippen LogP) is 1.91. The molecule has 13 heteroatoms. The number of aliphatic hydroxyl groups excluding tert-OH is 4. The third-order valence-corrected chi connectivity index (χ3v) is 7.49. The van der Waals surface area contributed by atoms with Crippen LogP contribution in [0.4, 0.5) is 4.39 Å². The largest absolute Gasteiger partial charge is 0.493 e. The first-order chi connectivity index (χ1) is 21.8. The molecule has 1 aliphatic rings. The summed E-state index contributed by atoms with van der Waals surface area (Å²) < 4.78 is 19.2. The van der Waals surface area contributed by atoms with E-state index in [1.807, 2.05) is 29.2 Å². The van der Waals surface area contributed by atoms with Gasteiger partial charge in [0.05, 0.1) is 19.1 Å². The van der Waals surface area contributed by atoms with Gasteiger partial charge in [0.15, 0.2) is 12.2 Å². The van der Waals surface area contributed by atoms with Crippen molar-refractivity contribution in [3.05, 3.63) is 65.5 Å². The zero-order valence-electron chi connectivity index (χ0n) is 26.4. The molecular weight excluding hydrogens is 603 g/mol. The average Bonchev–Trinajstić information content (AvgIpc) is 3.03. The van der Waals surface area contributed by atoms with Crippen molar-refractivity contribution in [1.82, 2.24) is 9.80 Å². The summed E-state index contributed by atoms with van der Waals surface area (Å²) in [7, 11) is 0. The second kappa shape index (κ2) is 19.8. The number of piperidine rings is 1. The fourth-order valence-electron chi connectivity index (χ4n) is 4.80. The maximum atomic E-state index is 13.5. The van der Waals surface area contributed by atoms with E-state index in [1.54, 1.807) is 12.1 Å². The van der Waals surface area contributed by atoms with Gasteiger partial charge in [-0.2, -0.15) is 0 Å². The molecular formula is C33H47FN2O10. The molecule has 1 aliphatic heterocycles. The van der Waals surface area contributed by atoms with Gasteiger partial charge in [-0.05, 0) is 67.0 Å². The summed E-state index contributed by atoms with van der Waals surface area (Å²) >= 11 is 0. The lowest BCUT2D eigenvalue weighted by molar-refractivity contribution is -0.165. The Labute approximate surface area is 268 Å². The molecule has 0 saturated carbocycles. The number of aliphatic hydroxyl groups is 4. The topological polar surface area (TPSA) is 188 Å². The van der Waals surface area contributed by atoms with Crippen LogP contribution in [0.2, 0.25) is 0 Å². The van der Waals surface area contributed by atoms with Crippen LogP contribution in [0, 0.1) is 11.7 Å². The van der Waals surface area contributed by atoms with E-state index in [0.29, 0.717) is 38.3 Å². The van der Waals surface area contributed by atoms with Crippen LogP contribution in [0.1, 0.15) is 50.7 Å². The number of carboxylic acid groups (broad SMARTS) is 2. The van der Waals surface area contributed by atoms with Crippen LogP contribution in [0.5, 0.6) is 5.75 Å². The first kappa shape index (κ1) is 38.6. The molecule has 1 fully saturated rings. The Morgan fingerprint density at radius 3 is 1.93 bits per heavy atom. The van der Waals surface area contributed by atoms with Gasteiger partial charge in [0.25, 0.3) is 0 Å². The van der Waals surface area contributed by atoms with Crippen LogP contribution in [0.3, 0.4) is 0 Å². The van der Waals surface area contributed by atoms with Gasteiger partial charge in [0.2, 0.25) is 5.91 Å². The zero-order valence-corrected chi connectivity index (χ0v) is 26.4. The number of halogens is 1. The van der Waals surface area contributed by atoms with E-state index in [4.69, 9.17) is 30.3 Å². The monoisotopic (exact) mass is 650 g/mol. The van der Waals surface area contributed by atoms with Crippen molar-refractivity contribution >= 4 is 17.8 Å². The smallest absolute Gasteiger partial charge is 0.335 e. The third-order valence-electron chi connectivity index (χ3n) is 7.49. The molecule has 0 bridgehead atoms. The van der Waals surface area contributed by atoms with Crippen LogP contribution in [-0.4, -0.2) is 115 Å². The van der Waals surface area contributed by atoms with Crippen molar-refractivity contribution in [3.8, 4) is 5.75 Å². The third kappa shape index (κ3) is 13.8. The van der Waals surface area contributed by atoms with E-state index in [0.717, 1.165) is 49.4 Å². The molecule has 0 aliphatic carbocycles. The molecule has 6 N–H and O–H groups in total. The lowest BCUT2D eigenvalue weighted by Gasteiger charge is -2.39. The number of ether oxygens (including phenoxy) is 1. The molecule has 3 rings (SSSR count). The summed E-state index contributed by atoms with van der Waals surface area (Å²) in [5.41, 5.74) is 1.85.